The van der Waals surface area contributed by atoms with Crippen molar-refractivity contribution in [2.24, 2.45) is 0 Å². The molecule has 0 bridgehead atoms. The molecule has 13 heavy (non-hydrogen) atoms. The van der Waals surface area contributed by atoms with E-state index < -0.39 is 0 Å². The van der Waals surface area contributed by atoms with Gasteiger partial charge in [0.05, 0.1) is 6.10 Å². The Hall–Kier alpha value is -0.120. The molecule has 0 aromatic rings. The molecule has 3 nitrogen and oxygen atoms in total. The summed E-state index contributed by atoms with van der Waals surface area (Å²) in [7, 11) is 0. The normalized spacial score (nSPS) is 33.2. The summed E-state index contributed by atoms with van der Waals surface area (Å²) in [5, 5.41) is 11.5. The van der Waals surface area contributed by atoms with Gasteiger partial charge in [0.25, 0.3) is 0 Å². The first-order chi connectivity index (χ1) is 6.11. The first kappa shape index (κ1) is 11.0. The van der Waals surface area contributed by atoms with Gasteiger partial charge >= 0.3 is 0 Å². The van der Waals surface area contributed by atoms with Crippen molar-refractivity contribution in [3.05, 3.63) is 0 Å². The van der Waals surface area contributed by atoms with Gasteiger partial charge in [-0.1, -0.05) is 6.42 Å². The second kappa shape index (κ2) is 4.94. The van der Waals surface area contributed by atoms with E-state index in [0.717, 1.165) is 0 Å². The van der Waals surface area contributed by atoms with Crippen LogP contribution >= 0.6 is 0 Å². The maximum absolute atomic E-state index is 9.17. The number of hydrogen-bond donors (Lipinski definition) is 2. The Labute approximate surface area is 81.1 Å². The van der Waals surface area contributed by atoms with E-state index in [0.29, 0.717) is 18.6 Å². The molecule has 0 amide bonds. The van der Waals surface area contributed by atoms with E-state index in [1.54, 1.807) is 0 Å². The number of aliphatic hydroxyl groups excluding tert-OH is 1. The minimum atomic E-state index is -0.263. The third kappa shape index (κ3) is 3.25. The first-order valence-corrected chi connectivity index (χ1v) is 5.31. The van der Waals surface area contributed by atoms with Crippen LogP contribution in [0.1, 0.15) is 40.0 Å². The van der Waals surface area contributed by atoms with E-state index in [1.165, 1.54) is 19.3 Å². The minimum Gasteiger partial charge on any atom is -0.392 e. The standard InChI is InChI=1S/C10H22N2O/c1-8-5-4-6-9(2)12(8)11-7-10(3)13/h8-11,13H,4-7H2,1-3H3. The van der Waals surface area contributed by atoms with Crippen molar-refractivity contribution in [1.82, 2.24) is 10.4 Å². The average molecular weight is 186 g/mol. The summed E-state index contributed by atoms with van der Waals surface area (Å²) in [6.07, 6.45) is 3.59. The van der Waals surface area contributed by atoms with Crippen molar-refractivity contribution in [2.75, 3.05) is 6.54 Å². The Kier molecular flexibility index (Phi) is 4.16. The molecule has 2 N–H and O–H groups in total. The lowest BCUT2D eigenvalue weighted by Crippen LogP contribution is -2.53. The van der Waals surface area contributed by atoms with Crippen molar-refractivity contribution in [1.29, 1.82) is 0 Å². The van der Waals surface area contributed by atoms with Crippen LogP contribution in [0.5, 0.6) is 0 Å². The Morgan fingerprint density at radius 2 is 1.92 bits per heavy atom. The molecule has 3 heteroatoms. The summed E-state index contributed by atoms with van der Waals surface area (Å²) in [5.41, 5.74) is 3.30. The van der Waals surface area contributed by atoms with Crippen LogP contribution in [0.3, 0.4) is 0 Å². The second-order valence-electron chi connectivity index (χ2n) is 4.25. The van der Waals surface area contributed by atoms with E-state index in [9.17, 15) is 0 Å². The average Bonchev–Trinajstić information content (AvgIpc) is 2.03. The summed E-state index contributed by atoms with van der Waals surface area (Å²) < 4.78 is 0. The molecule has 0 saturated carbocycles. The lowest BCUT2D eigenvalue weighted by Gasteiger charge is -2.39. The quantitative estimate of drug-likeness (QED) is 0.693. The molecule has 1 saturated heterocycles. The fraction of sp³-hybridized carbons (Fsp3) is 1.00. The Morgan fingerprint density at radius 3 is 2.38 bits per heavy atom. The molecule has 1 aliphatic heterocycles. The summed E-state index contributed by atoms with van der Waals surface area (Å²) in [6, 6.07) is 1.20. The lowest BCUT2D eigenvalue weighted by atomic mass is 10.00. The molecule has 1 rings (SSSR count). The zero-order chi connectivity index (χ0) is 9.84. The Balaban J connectivity index is 2.35. The van der Waals surface area contributed by atoms with Gasteiger partial charge in [0, 0.05) is 18.6 Å². The number of nitrogens with zero attached hydrogens (tertiary/aromatic N) is 1. The van der Waals surface area contributed by atoms with Crippen LogP contribution in [-0.2, 0) is 0 Å². The smallest absolute Gasteiger partial charge is 0.0650 e. The van der Waals surface area contributed by atoms with Gasteiger partial charge in [0.15, 0.2) is 0 Å². The molecule has 0 radical (unpaired) electrons. The van der Waals surface area contributed by atoms with Crippen molar-refractivity contribution in [3.63, 3.8) is 0 Å². The van der Waals surface area contributed by atoms with Crippen molar-refractivity contribution >= 4 is 0 Å². The number of hydrazine groups is 1. The molecular weight excluding hydrogens is 164 g/mol. The van der Waals surface area contributed by atoms with Crippen LogP contribution in [0.15, 0.2) is 0 Å². The third-order valence-corrected chi connectivity index (χ3v) is 2.76. The van der Waals surface area contributed by atoms with Gasteiger partial charge in [-0.15, -0.1) is 0 Å². The molecule has 78 valence electrons. The van der Waals surface area contributed by atoms with E-state index in [1.807, 2.05) is 6.92 Å². The minimum absolute atomic E-state index is 0.263. The summed E-state index contributed by atoms with van der Waals surface area (Å²) >= 11 is 0. The number of aliphatic hydroxyl groups is 1. The van der Waals surface area contributed by atoms with Gasteiger partial charge in [-0.05, 0) is 33.6 Å². The fourth-order valence-corrected chi connectivity index (χ4v) is 1.97. The zero-order valence-electron chi connectivity index (χ0n) is 8.95. The highest BCUT2D eigenvalue weighted by molar-refractivity contribution is 4.76. The molecule has 0 aromatic heterocycles. The van der Waals surface area contributed by atoms with Crippen molar-refractivity contribution < 1.29 is 5.11 Å². The van der Waals surface area contributed by atoms with E-state index in [-0.39, 0.29) is 6.10 Å². The van der Waals surface area contributed by atoms with Crippen LogP contribution in [-0.4, -0.2) is 34.8 Å². The second-order valence-corrected chi connectivity index (χ2v) is 4.25. The highest BCUT2D eigenvalue weighted by Crippen LogP contribution is 2.19. The Bertz CT molecular complexity index is 140. The molecular formula is C10H22N2O. The van der Waals surface area contributed by atoms with Crippen LogP contribution in [0.4, 0.5) is 0 Å². The van der Waals surface area contributed by atoms with Gasteiger partial charge in [-0.3, -0.25) is 5.43 Å². The maximum atomic E-state index is 9.17. The van der Waals surface area contributed by atoms with Gasteiger partial charge in [-0.25, -0.2) is 5.01 Å². The number of hydrogen-bond acceptors (Lipinski definition) is 3. The number of rotatable bonds is 3. The largest absolute Gasteiger partial charge is 0.392 e. The van der Waals surface area contributed by atoms with E-state index in [4.69, 9.17) is 5.11 Å². The molecule has 3 atom stereocenters. The molecule has 1 aliphatic rings. The van der Waals surface area contributed by atoms with Crippen LogP contribution in [0.2, 0.25) is 0 Å². The predicted molar refractivity (Wildman–Crippen MR) is 54.3 cm³/mol. The Morgan fingerprint density at radius 1 is 1.38 bits per heavy atom. The van der Waals surface area contributed by atoms with Crippen LogP contribution < -0.4 is 5.43 Å². The molecule has 3 unspecified atom stereocenters. The van der Waals surface area contributed by atoms with Crippen molar-refractivity contribution in [3.8, 4) is 0 Å². The summed E-state index contributed by atoms with van der Waals surface area (Å²) in [6.45, 7) is 6.95. The highest BCUT2D eigenvalue weighted by atomic mass is 16.3. The van der Waals surface area contributed by atoms with Gasteiger partial charge in [0.2, 0.25) is 0 Å². The van der Waals surface area contributed by atoms with E-state index >= 15 is 0 Å². The molecule has 0 aliphatic carbocycles. The first-order valence-electron chi connectivity index (χ1n) is 5.31. The van der Waals surface area contributed by atoms with Gasteiger partial charge < -0.3 is 5.11 Å². The predicted octanol–water partition coefficient (Wildman–Crippen LogP) is 1.13. The highest BCUT2D eigenvalue weighted by Gasteiger charge is 2.24. The topological polar surface area (TPSA) is 35.5 Å². The van der Waals surface area contributed by atoms with Gasteiger partial charge in [0.1, 0.15) is 0 Å². The van der Waals surface area contributed by atoms with Crippen LogP contribution in [0, 0.1) is 0 Å². The number of piperidine rings is 1. The van der Waals surface area contributed by atoms with Crippen LogP contribution in [0.25, 0.3) is 0 Å². The fourth-order valence-electron chi connectivity index (χ4n) is 1.97. The molecule has 0 spiro atoms. The molecule has 1 fully saturated rings. The summed E-state index contributed by atoms with van der Waals surface area (Å²) in [4.78, 5) is 0. The van der Waals surface area contributed by atoms with Crippen molar-refractivity contribution in [2.45, 2.75) is 58.2 Å². The summed E-state index contributed by atoms with van der Waals surface area (Å²) in [5.74, 6) is 0. The van der Waals surface area contributed by atoms with E-state index in [2.05, 4.69) is 24.3 Å². The molecule has 0 aromatic carbocycles. The third-order valence-electron chi connectivity index (χ3n) is 2.76. The maximum Gasteiger partial charge on any atom is 0.0650 e. The SMILES string of the molecule is CC(O)CNN1C(C)CCCC1C. The number of nitrogens with one attached hydrogen (secondary N) is 1. The zero-order valence-corrected chi connectivity index (χ0v) is 8.95. The van der Waals surface area contributed by atoms with Gasteiger partial charge in [-0.2, -0.15) is 0 Å². The monoisotopic (exact) mass is 186 g/mol. The molecule has 1 heterocycles. The lowest BCUT2D eigenvalue weighted by molar-refractivity contribution is 0.0295.